The first-order chi connectivity index (χ1) is 15.7. The van der Waals surface area contributed by atoms with Gasteiger partial charge in [0.25, 0.3) is 0 Å². The number of hydrogen-bond acceptors (Lipinski definition) is 4. The van der Waals surface area contributed by atoms with E-state index in [2.05, 4.69) is 10.0 Å². The number of aryl methyl sites for hydroxylation is 2. The van der Waals surface area contributed by atoms with Gasteiger partial charge in [-0.1, -0.05) is 30.3 Å². The molecule has 0 aliphatic rings. The maximum absolute atomic E-state index is 13.4. The summed E-state index contributed by atoms with van der Waals surface area (Å²) >= 11 is 0. The van der Waals surface area contributed by atoms with Gasteiger partial charge in [-0.3, -0.25) is 4.79 Å². The van der Waals surface area contributed by atoms with Crippen LogP contribution in [0, 0.1) is 19.7 Å². The van der Waals surface area contributed by atoms with E-state index in [4.69, 9.17) is 4.74 Å². The first-order valence-corrected chi connectivity index (χ1v) is 11.9. The summed E-state index contributed by atoms with van der Waals surface area (Å²) in [5, 5.41) is 2.91. The van der Waals surface area contributed by atoms with E-state index in [0.717, 1.165) is 16.7 Å². The highest BCUT2D eigenvalue weighted by Gasteiger charge is 2.19. The summed E-state index contributed by atoms with van der Waals surface area (Å²) in [5.41, 5.74) is 3.35. The fourth-order valence-corrected chi connectivity index (χ4v) is 4.42. The topological polar surface area (TPSA) is 84.5 Å². The van der Waals surface area contributed by atoms with E-state index in [9.17, 15) is 17.6 Å². The number of ether oxygens (including phenoxy) is 1. The lowest BCUT2D eigenvalue weighted by Crippen LogP contribution is -2.33. The monoisotopic (exact) mass is 470 g/mol. The lowest BCUT2D eigenvalue weighted by Gasteiger charge is -2.20. The summed E-state index contributed by atoms with van der Waals surface area (Å²) < 4.78 is 46.2. The number of nitrogens with one attached hydrogen (secondary N) is 2. The van der Waals surface area contributed by atoms with E-state index < -0.39 is 16.1 Å². The van der Waals surface area contributed by atoms with Crippen LogP contribution >= 0.6 is 0 Å². The molecule has 3 rings (SSSR count). The minimum atomic E-state index is -3.73. The molecule has 0 saturated carbocycles. The molecular formula is C25H27FN2O4S. The molecule has 1 unspecified atom stereocenters. The highest BCUT2D eigenvalue weighted by atomic mass is 32.2. The van der Waals surface area contributed by atoms with Gasteiger partial charge in [-0.15, -0.1) is 0 Å². The molecule has 1 atom stereocenters. The van der Waals surface area contributed by atoms with Crippen molar-refractivity contribution < 1.29 is 22.3 Å². The Bertz CT molecular complexity index is 1210. The van der Waals surface area contributed by atoms with Gasteiger partial charge in [0.15, 0.2) is 0 Å². The van der Waals surface area contributed by atoms with Crippen LogP contribution in [-0.2, 0) is 14.8 Å². The summed E-state index contributed by atoms with van der Waals surface area (Å²) in [4.78, 5) is 12.8. The highest BCUT2D eigenvalue weighted by Crippen LogP contribution is 2.24. The standard InChI is InChI=1S/C25H27FN2O4S/c1-17-4-13-23(16-18(17)2)33(30,31)27-15-14-24(29)28-25(19-5-9-21(26)10-6-19)20-7-11-22(32-3)12-8-20/h4-13,16,25,27H,14-15H2,1-3H3,(H,28,29). The Morgan fingerprint density at radius 2 is 1.55 bits per heavy atom. The molecule has 3 aromatic rings. The number of benzene rings is 3. The number of rotatable bonds is 9. The molecule has 0 heterocycles. The molecule has 0 aliphatic carbocycles. The van der Waals surface area contributed by atoms with Gasteiger partial charge in [0.2, 0.25) is 15.9 Å². The zero-order chi connectivity index (χ0) is 24.0. The number of hydrogen-bond donors (Lipinski definition) is 2. The van der Waals surface area contributed by atoms with Crippen LogP contribution < -0.4 is 14.8 Å². The molecule has 0 aliphatic heterocycles. The third kappa shape index (κ3) is 6.40. The molecule has 0 spiro atoms. The van der Waals surface area contributed by atoms with Crippen LogP contribution in [0.3, 0.4) is 0 Å². The van der Waals surface area contributed by atoms with Crippen LogP contribution in [0.25, 0.3) is 0 Å². The smallest absolute Gasteiger partial charge is 0.240 e. The van der Waals surface area contributed by atoms with Crippen LogP contribution in [0.15, 0.2) is 71.6 Å². The van der Waals surface area contributed by atoms with Gasteiger partial charge in [-0.2, -0.15) is 0 Å². The predicted molar refractivity (Wildman–Crippen MR) is 125 cm³/mol. The Labute approximate surface area is 193 Å². The number of sulfonamides is 1. The minimum absolute atomic E-state index is 0.0557. The minimum Gasteiger partial charge on any atom is -0.497 e. The van der Waals surface area contributed by atoms with Crippen LogP contribution in [0.4, 0.5) is 4.39 Å². The molecule has 3 aromatic carbocycles. The van der Waals surface area contributed by atoms with Crippen LogP contribution in [0.2, 0.25) is 0 Å². The van der Waals surface area contributed by atoms with Crippen molar-refractivity contribution in [1.82, 2.24) is 10.0 Å². The van der Waals surface area contributed by atoms with Crippen molar-refractivity contribution >= 4 is 15.9 Å². The maximum Gasteiger partial charge on any atom is 0.240 e. The van der Waals surface area contributed by atoms with Crippen LogP contribution in [0.1, 0.15) is 34.7 Å². The van der Waals surface area contributed by atoms with E-state index in [1.807, 2.05) is 26.0 Å². The summed E-state index contributed by atoms with van der Waals surface area (Å²) in [5.74, 6) is -0.0501. The quantitative estimate of drug-likeness (QED) is 0.495. The van der Waals surface area contributed by atoms with E-state index in [0.29, 0.717) is 11.3 Å². The number of methoxy groups -OCH3 is 1. The molecule has 2 N–H and O–H groups in total. The molecule has 8 heteroatoms. The van der Waals surface area contributed by atoms with Crippen LogP contribution in [0.5, 0.6) is 5.75 Å². The first kappa shape index (κ1) is 24.4. The maximum atomic E-state index is 13.4. The van der Waals surface area contributed by atoms with E-state index in [-0.39, 0.29) is 29.6 Å². The summed E-state index contributed by atoms with van der Waals surface area (Å²) in [6.07, 6.45) is -0.0576. The predicted octanol–water partition coefficient (Wildman–Crippen LogP) is 4.03. The molecular weight excluding hydrogens is 443 g/mol. The van der Waals surface area contributed by atoms with Gasteiger partial charge in [0.1, 0.15) is 11.6 Å². The summed E-state index contributed by atoms with van der Waals surface area (Å²) in [7, 11) is -2.16. The van der Waals surface area contributed by atoms with Crippen molar-refractivity contribution in [3.05, 3.63) is 94.8 Å². The molecule has 174 valence electrons. The molecule has 1 amide bonds. The molecule has 0 aromatic heterocycles. The lowest BCUT2D eigenvalue weighted by molar-refractivity contribution is -0.121. The zero-order valence-electron chi connectivity index (χ0n) is 18.8. The van der Waals surface area contributed by atoms with Gasteiger partial charge >= 0.3 is 0 Å². The SMILES string of the molecule is COc1ccc(C(NC(=O)CCNS(=O)(=O)c2ccc(C)c(C)c2)c2ccc(F)cc2)cc1. The van der Waals surface area contributed by atoms with Crippen molar-refractivity contribution in [3.8, 4) is 5.75 Å². The van der Waals surface area contributed by atoms with Gasteiger partial charge in [0.05, 0.1) is 18.0 Å². The Morgan fingerprint density at radius 3 is 2.12 bits per heavy atom. The number of carbonyl (C=O) groups excluding carboxylic acids is 1. The molecule has 33 heavy (non-hydrogen) atoms. The fraction of sp³-hybridized carbons (Fsp3) is 0.240. The Morgan fingerprint density at radius 1 is 0.939 bits per heavy atom. The zero-order valence-corrected chi connectivity index (χ0v) is 19.6. The lowest BCUT2D eigenvalue weighted by atomic mass is 9.98. The molecule has 0 bridgehead atoms. The van der Waals surface area contributed by atoms with E-state index >= 15 is 0 Å². The van der Waals surface area contributed by atoms with Crippen molar-refractivity contribution in [2.24, 2.45) is 0 Å². The van der Waals surface area contributed by atoms with Gasteiger partial charge < -0.3 is 10.1 Å². The van der Waals surface area contributed by atoms with E-state index in [1.54, 1.807) is 49.6 Å². The third-order valence-electron chi connectivity index (χ3n) is 5.39. The average Bonchev–Trinajstić information content (AvgIpc) is 2.80. The fourth-order valence-electron chi connectivity index (χ4n) is 3.31. The average molecular weight is 471 g/mol. The van der Waals surface area contributed by atoms with Crippen molar-refractivity contribution in [2.75, 3.05) is 13.7 Å². The van der Waals surface area contributed by atoms with Gasteiger partial charge in [-0.05, 0) is 72.5 Å². The van der Waals surface area contributed by atoms with E-state index in [1.165, 1.54) is 12.1 Å². The second-order valence-corrected chi connectivity index (χ2v) is 9.49. The van der Waals surface area contributed by atoms with Crippen LogP contribution in [-0.4, -0.2) is 28.0 Å². The number of carbonyl (C=O) groups is 1. The number of amides is 1. The first-order valence-electron chi connectivity index (χ1n) is 10.5. The van der Waals surface area contributed by atoms with Gasteiger partial charge in [-0.25, -0.2) is 17.5 Å². The highest BCUT2D eigenvalue weighted by molar-refractivity contribution is 7.89. The summed E-state index contributed by atoms with van der Waals surface area (Å²) in [6, 6.07) is 17.4. The Balaban J connectivity index is 1.68. The van der Waals surface area contributed by atoms with Crippen molar-refractivity contribution in [1.29, 1.82) is 0 Å². The largest absolute Gasteiger partial charge is 0.497 e. The molecule has 0 radical (unpaired) electrons. The summed E-state index contributed by atoms with van der Waals surface area (Å²) in [6.45, 7) is 3.69. The van der Waals surface area contributed by atoms with Gasteiger partial charge in [0, 0.05) is 13.0 Å². The molecule has 0 saturated heterocycles. The second kappa shape index (κ2) is 10.6. The normalized spacial score (nSPS) is 12.2. The van der Waals surface area contributed by atoms with Crippen molar-refractivity contribution in [3.63, 3.8) is 0 Å². The molecule has 6 nitrogen and oxygen atoms in total. The Hall–Kier alpha value is -3.23. The second-order valence-electron chi connectivity index (χ2n) is 7.72. The third-order valence-corrected chi connectivity index (χ3v) is 6.85. The Kier molecular flexibility index (Phi) is 7.84. The number of halogens is 1. The van der Waals surface area contributed by atoms with Crippen molar-refractivity contribution in [2.45, 2.75) is 31.2 Å². The molecule has 0 fully saturated rings.